The van der Waals surface area contributed by atoms with Crippen molar-refractivity contribution in [3.05, 3.63) is 124 Å². The molecule has 0 spiro atoms. The Balaban J connectivity index is 1.86. The number of benzene rings is 2. The maximum Gasteiger partial charge on any atom is 0.170 e. The molecule has 0 heterocycles. The normalized spacial score (nSPS) is 25.3. The van der Waals surface area contributed by atoms with Crippen molar-refractivity contribution in [2.75, 3.05) is 0 Å². The zero-order valence-corrected chi connectivity index (χ0v) is 17.0. The molecule has 2 unspecified atom stereocenters. The van der Waals surface area contributed by atoms with Gasteiger partial charge in [0.05, 0.1) is 5.41 Å². The number of aromatic hydroxyl groups is 1. The molecule has 150 valence electrons. The van der Waals surface area contributed by atoms with Crippen LogP contribution in [0.5, 0.6) is 5.75 Å². The van der Waals surface area contributed by atoms with Crippen molar-refractivity contribution in [2.45, 2.75) is 24.3 Å². The minimum atomic E-state index is -0.653. The lowest BCUT2D eigenvalue weighted by atomic mass is 9.65. The van der Waals surface area contributed by atoms with E-state index in [1.165, 1.54) is 22.3 Å². The van der Waals surface area contributed by atoms with Gasteiger partial charge in [0, 0.05) is 6.42 Å². The van der Waals surface area contributed by atoms with Crippen LogP contribution < -0.4 is 0 Å². The number of fused-ring (bicyclic) bond motifs is 2. The number of phenols is 1. The minimum absolute atomic E-state index is 0.235. The number of nitrogens with zero attached hydrogens (tertiary/aromatic N) is 1. The van der Waals surface area contributed by atoms with E-state index in [9.17, 15) is 10.0 Å². The Kier molecular flexibility index (Phi) is 4.76. The molecule has 3 heteroatoms. The fourth-order valence-corrected chi connectivity index (χ4v) is 4.95. The summed E-state index contributed by atoms with van der Waals surface area (Å²) in [6.45, 7) is 0. The van der Waals surface area contributed by atoms with Gasteiger partial charge < -0.3 is 5.11 Å². The first-order valence-electron chi connectivity index (χ1n) is 10.4. The maximum atomic E-state index is 11.2. The molecule has 31 heavy (non-hydrogen) atoms. The number of phenolic OH excluding ortho intramolecular Hbond substituents is 1. The molecular weight excluding hydrogens is 382 g/mol. The van der Waals surface area contributed by atoms with Crippen LogP contribution in [0, 0.1) is 16.7 Å². The third-order valence-electron chi connectivity index (χ3n) is 6.21. The molecule has 0 fully saturated rings. The first-order valence-corrected chi connectivity index (χ1v) is 10.4. The molecule has 0 saturated heterocycles. The molecule has 0 bridgehead atoms. The Bertz CT molecular complexity index is 1260. The van der Waals surface area contributed by atoms with Gasteiger partial charge in [-0.3, -0.25) is 0 Å². The van der Waals surface area contributed by atoms with Gasteiger partial charge in [-0.2, -0.15) is 0 Å². The van der Waals surface area contributed by atoms with Crippen LogP contribution in [0.4, 0.5) is 0 Å². The van der Waals surface area contributed by atoms with Crippen LogP contribution in [0.1, 0.15) is 29.5 Å². The maximum absolute atomic E-state index is 11.2. The molecular formula is C28H21NO2. The molecule has 0 amide bonds. The molecule has 3 nitrogen and oxygen atoms in total. The van der Waals surface area contributed by atoms with E-state index in [0.29, 0.717) is 6.42 Å². The molecule has 0 radical (unpaired) electrons. The van der Waals surface area contributed by atoms with Crippen LogP contribution in [-0.4, -0.2) is 11.1 Å². The van der Waals surface area contributed by atoms with Gasteiger partial charge in [-0.05, 0) is 63.2 Å². The van der Waals surface area contributed by atoms with Crippen molar-refractivity contribution < 1.29 is 5.11 Å². The predicted octanol–water partition coefficient (Wildman–Crippen LogP) is 5.99. The van der Waals surface area contributed by atoms with Gasteiger partial charge in [-0.25, -0.2) is 0 Å². The largest absolute Gasteiger partial charge is 0.508 e. The van der Waals surface area contributed by atoms with Crippen molar-refractivity contribution in [1.82, 2.24) is 0 Å². The van der Waals surface area contributed by atoms with Gasteiger partial charge in [0.1, 0.15) is 5.75 Å². The molecule has 2 atom stereocenters. The second kappa shape index (κ2) is 7.74. The van der Waals surface area contributed by atoms with Crippen molar-refractivity contribution in [3.8, 4) is 17.6 Å². The summed E-state index contributed by atoms with van der Waals surface area (Å²) in [5, 5.41) is 13.1. The lowest BCUT2D eigenvalue weighted by molar-refractivity contribution is 0.474. The Morgan fingerprint density at radius 2 is 1.87 bits per heavy atom. The highest BCUT2D eigenvalue weighted by molar-refractivity contribution is 5.91. The Hall–Kier alpha value is -3.90. The molecule has 0 aliphatic heterocycles. The van der Waals surface area contributed by atoms with E-state index >= 15 is 0 Å². The quantitative estimate of drug-likeness (QED) is 0.506. The first-order chi connectivity index (χ1) is 15.2. The summed E-state index contributed by atoms with van der Waals surface area (Å²) in [5.41, 5.74) is 6.52. The van der Waals surface area contributed by atoms with Gasteiger partial charge in [0.25, 0.3) is 0 Å². The highest BCUT2D eigenvalue weighted by Gasteiger charge is 2.47. The van der Waals surface area contributed by atoms with E-state index in [1.807, 2.05) is 18.2 Å². The van der Waals surface area contributed by atoms with E-state index in [0.717, 1.165) is 17.6 Å². The second-order valence-corrected chi connectivity index (χ2v) is 7.82. The van der Waals surface area contributed by atoms with Gasteiger partial charge in [-0.15, -0.1) is 4.91 Å². The Labute approximate surface area is 181 Å². The van der Waals surface area contributed by atoms with E-state index in [1.54, 1.807) is 18.2 Å². The number of hydrogen-bond acceptors (Lipinski definition) is 3. The topological polar surface area (TPSA) is 49.7 Å². The number of allylic oxidation sites excluding steroid dienone is 9. The van der Waals surface area contributed by atoms with E-state index in [2.05, 4.69) is 71.7 Å². The van der Waals surface area contributed by atoms with Crippen LogP contribution in [0.15, 0.2) is 107 Å². The summed E-state index contributed by atoms with van der Waals surface area (Å²) in [4.78, 5) is 11.2. The monoisotopic (exact) mass is 403 g/mol. The summed E-state index contributed by atoms with van der Waals surface area (Å²) in [6.07, 6.45) is 15.8. The predicted molar refractivity (Wildman–Crippen MR) is 124 cm³/mol. The highest BCUT2D eigenvalue weighted by atomic mass is 16.3. The molecule has 3 aliphatic rings. The molecule has 2 aromatic carbocycles. The molecule has 0 saturated carbocycles. The molecule has 5 rings (SSSR count). The number of hydrogen-bond donors (Lipinski definition) is 1. The van der Waals surface area contributed by atoms with E-state index < -0.39 is 11.5 Å². The Morgan fingerprint density at radius 3 is 2.71 bits per heavy atom. The third kappa shape index (κ3) is 3.00. The summed E-state index contributed by atoms with van der Waals surface area (Å²) in [6, 6.07) is 15.3. The standard InChI is InChI=1S/C28H21NO2/c30-23-18-15-21(16-19-23)28(20-8-4-5-9-22(29-31)17-14-20)26-12-3-1-2-10-24(26)25-11-6-7-13-27(25)28/h1-3,6-8,10-11,13-19,22,30H,4,12H2/b17-14?,20-8+. The smallest absolute Gasteiger partial charge is 0.170 e. The lowest BCUT2D eigenvalue weighted by Gasteiger charge is -2.37. The van der Waals surface area contributed by atoms with Crippen LogP contribution in [-0.2, 0) is 5.41 Å². The first kappa shape index (κ1) is 19.1. The summed E-state index contributed by atoms with van der Waals surface area (Å²) >= 11 is 0. The van der Waals surface area contributed by atoms with Crippen molar-refractivity contribution in [3.63, 3.8) is 0 Å². The van der Waals surface area contributed by atoms with Crippen molar-refractivity contribution in [1.29, 1.82) is 0 Å². The fourth-order valence-electron chi connectivity index (χ4n) is 4.95. The van der Waals surface area contributed by atoms with Gasteiger partial charge in [0.15, 0.2) is 6.04 Å². The molecule has 2 aromatic rings. The molecule has 3 aliphatic carbocycles. The number of nitroso groups, excluding NO2 is 1. The summed E-state index contributed by atoms with van der Waals surface area (Å²) < 4.78 is 0. The van der Waals surface area contributed by atoms with Crippen molar-refractivity contribution in [2.24, 2.45) is 5.18 Å². The zero-order chi connectivity index (χ0) is 21.3. The average molecular weight is 403 g/mol. The van der Waals surface area contributed by atoms with Crippen LogP contribution >= 0.6 is 0 Å². The van der Waals surface area contributed by atoms with Crippen LogP contribution in [0.25, 0.3) is 5.57 Å². The molecule has 1 N–H and O–H groups in total. The minimum Gasteiger partial charge on any atom is -0.508 e. The lowest BCUT2D eigenvalue weighted by Crippen LogP contribution is -2.30. The highest BCUT2D eigenvalue weighted by Crippen LogP contribution is 2.57. The van der Waals surface area contributed by atoms with Crippen molar-refractivity contribution >= 4 is 5.57 Å². The second-order valence-electron chi connectivity index (χ2n) is 7.82. The van der Waals surface area contributed by atoms with Crippen LogP contribution in [0.3, 0.4) is 0 Å². The van der Waals surface area contributed by atoms with E-state index in [4.69, 9.17) is 0 Å². The Morgan fingerprint density at radius 1 is 1.03 bits per heavy atom. The van der Waals surface area contributed by atoms with Gasteiger partial charge >= 0.3 is 0 Å². The zero-order valence-electron chi connectivity index (χ0n) is 17.0. The molecule has 0 aromatic heterocycles. The van der Waals surface area contributed by atoms with Gasteiger partial charge in [0.2, 0.25) is 0 Å². The van der Waals surface area contributed by atoms with E-state index in [-0.39, 0.29) is 5.75 Å². The van der Waals surface area contributed by atoms with Gasteiger partial charge in [-0.1, -0.05) is 84.7 Å². The SMILES string of the molecule is O=NC1C#CC/C=C(/C2(c3ccc(O)cc3)C3=C(C=CC=CC3)c3ccccc32)C=C1. The third-order valence-corrected chi connectivity index (χ3v) is 6.21. The average Bonchev–Trinajstić information content (AvgIpc) is 2.91. The number of rotatable bonds is 3. The summed E-state index contributed by atoms with van der Waals surface area (Å²) in [5.74, 6) is 6.21. The summed E-state index contributed by atoms with van der Waals surface area (Å²) in [7, 11) is 0. The fraction of sp³-hybridized carbons (Fsp3) is 0.143. The van der Waals surface area contributed by atoms with Crippen LogP contribution in [0.2, 0.25) is 0 Å².